The number of aromatic nitrogens is 1. The summed E-state index contributed by atoms with van der Waals surface area (Å²) in [5.41, 5.74) is 1.12. The molecule has 0 aliphatic carbocycles. The summed E-state index contributed by atoms with van der Waals surface area (Å²) in [6, 6.07) is 2.50. The Balaban J connectivity index is 2.62. The largest absolute Gasteiger partial charge is 0.298 e. The van der Waals surface area contributed by atoms with Crippen LogP contribution in [0.4, 0.5) is 0 Å². The van der Waals surface area contributed by atoms with Crippen LogP contribution >= 0.6 is 11.3 Å². The molecule has 1 heterocycles. The first-order valence-corrected chi connectivity index (χ1v) is 5.86. The van der Waals surface area contributed by atoms with Crippen LogP contribution < -0.4 is 0 Å². The highest BCUT2D eigenvalue weighted by Crippen LogP contribution is 2.19. The maximum Gasteiger partial charge on any atom is 0.0900 e. The number of nitrogens with zero attached hydrogens (tertiary/aromatic N) is 3. The summed E-state index contributed by atoms with van der Waals surface area (Å²) < 4.78 is 0. The average molecular weight is 223 g/mol. The zero-order valence-electron chi connectivity index (χ0n) is 9.74. The first kappa shape index (κ1) is 12.2. The molecule has 1 aromatic rings. The minimum atomic E-state index is 0.303. The van der Waals surface area contributed by atoms with Gasteiger partial charge in [-0.3, -0.25) is 4.90 Å². The minimum absolute atomic E-state index is 0.303. The highest BCUT2D eigenvalue weighted by atomic mass is 32.1. The number of aryl methyl sites for hydroxylation is 2. The Morgan fingerprint density at radius 2 is 2.20 bits per heavy atom. The first-order valence-electron chi connectivity index (χ1n) is 5.04. The topological polar surface area (TPSA) is 39.9 Å². The van der Waals surface area contributed by atoms with Gasteiger partial charge in [-0.15, -0.1) is 11.3 Å². The van der Waals surface area contributed by atoms with Gasteiger partial charge in [0.2, 0.25) is 0 Å². The molecule has 1 atom stereocenters. The van der Waals surface area contributed by atoms with Crippen LogP contribution in [0.5, 0.6) is 0 Å². The van der Waals surface area contributed by atoms with Crippen molar-refractivity contribution in [3.63, 3.8) is 0 Å². The van der Waals surface area contributed by atoms with E-state index in [1.165, 1.54) is 4.88 Å². The normalized spacial score (nSPS) is 12.8. The number of rotatable bonds is 4. The average Bonchev–Trinajstić information content (AvgIpc) is 2.45. The summed E-state index contributed by atoms with van der Waals surface area (Å²) in [7, 11) is 2.05. The zero-order chi connectivity index (χ0) is 11.4. The van der Waals surface area contributed by atoms with Gasteiger partial charge in [0.25, 0.3) is 0 Å². The lowest BCUT2D eigenvalue weighted by molar-refractivity contribution is 0.254. The van der Waals surface area contributed by atoms with E-state index >= 15 is 0 Å². The fourth-order valence-corrected chi connectivity index (χ4v) is 2.39. The molecule has 0 spiro atoms. The van der Waals surface area contributed by atoms with Gasteiger partial charge in [-0.1, -0.05) is 0 Å². The summed E-state index contributed by atoms with van der Waals surface area (Å²) in [5, 5.41) is 9.74. The van der Waals surface area contributed by atoms with Crippen molar-refractivity contribution >= 4 is 11.3 Å². The van der Waals surface area contributed by atoms with Gasteiger partial charge in [-0.05, 0) is 27.8 Å². The van der Waals surface area contributed by atoms with E-state index in [0.29, 0.717) is 12.5 Å². The molecule has 0 aromatic carbocycles. The molecule has 15 heavy (non-hydrogen) atoms. The Morgan fingerprint density at radius 3 is 2.67 bits per heavy atom. The Kier molecular flexibility index (Phi) is 4.25. The van der Waals surface area contributed by atoms with Crippen LogP contribution in [0.15, 0.2) is 0 Å². The van der Waals surface area contributed by atoms with Crippen LogP contribution in [0.3, 0.4) is 0 Å². The van der Waals surface area contributed by atoms with Gasteiger partial charge in [0, 0.05) is 17.5 Å². The minimum Gasteiger partial charge on any atom is -0.298 e. The van der Waals surface area contributed by atoms with Crippen molar-refractivity contribution in [3.05, 3.63) is 15.6 Å². The van der Waals surface area contributed by atoms with Crippen molar-refractivity contribution in [1.82, 2.24) is 9.88 Å². The second-order valence-corrected chi connectivity index (χ2v) is 5.16. The van der Waals surface area contributed by atoms with Crippen molar-refractivity contribution in [2.75, 3.05) is 7.05 Å². The third-order valence-corrected chi connectivity index (χ3v) is 3.59. The Hall–Kier alpha value is -0.920. The summed E-state index contributed by atoms with van der Waals surface area (Å²) in [4.78, 5) is 7.90. The lowest BCUT2D eigenvalue weighted by atomic mass is 10.2. The lowest BCUT2D eigenvalue weighted by Gasteiger charge is -2.21. The maximum atomic E-state index is 8.62. The van der Waals surface area contributed by atoms with Gasteiger partial charge in [-0.2, -0.15) is 5.26 Å². The molecule has 3 nitrogen and oxygen atoms in total. The highest BCUT2D eigenvalue weighted by molar-refractivity contribution is 7.11. The third kappa shape index (κ3) is 3.29. The molecule has 0 aliphatic heterocycles. The molecule has 0 unspecified atom stereocenters. The second-order valence-electron chi connectivity index (χ2n) is 3.87. The van der Waals surface area contributed by atoms with Gasteiger partial charge >= 0.3 is 0 Å². The molecular weight excluding hydrogens is 206 g/mol. The standard InChI is InChI=1S/C11H17N3S/c1-8(5-6-12)14(4)7-11-9(2)13-10(3)15-11/h8H,5,7H2,1-4H3/t8-/m1/s1. The molecule has 0 bridgehead atoms. The highest BCUT2D eigenvalue weighted by Gasteiger charge is 2.12. The summed E-state index contributed by atoms with van der Waals surface area (Å²) in [6.45, 7) is 7.04. The molecule has 4 heteroatoms. The van der Waals surface area contributed by atoms with Crippen LogP contribution in [0.2, 0.25) is 0 Å². The smallest absolute Gasteiger partial charge is 0.0900 e. The fourth-order valence-electron chi connectivity index (χ4n) is 1.39. The Bertz CT molecular complexity index is 364. The van der Waals surface area contributed by atoms with Crippen LogP contribution in [-0.4, -0.2) is 23.0 Å². The molecule has 82 valence electrons. The second kappa shape index (κ2) is 5.24. The Labute approximate surface area is 95.4 Å². The van der Waals surface area contributed by atoms with Crippen molar-refractivity contribution in [3.8, 4) is 6.07 Å². The molecule has 0 amide bonds. The molecule has 0 N–H and O–H groups in total. The quantitative estimate of drug-likeness (QED) is 0.787. The molecule has 0 fully saturated rings. The van der Waals surface area contributed by atoms with Gasteiger partial charge in [-0.25, -0.2) is 4.98 Å². The van der Waals surface area contributed by atoms with Gasteiger partial charge < -0.3 is 0 Å². The number of hydrogen-bond donors (Lipinski definition) is 0. The first-order chi connectivity index (χ1) is 7.04. The predicted molar refractivity (Wildman–Crippen MR) is 62.7 cm³/mol. The maximum absolute atomic E-state index is 8.62. The fraction of sp³-hybridized carbons (Fsp3) is 0.636. The molecule has 0 radical (unpaired) electrons. The van der Waals surface area contributed by atoms with E-state index in [1.54, 1.807) is 11.3 Å². The number of thiazole rings is 1. The SMILES string of the molecule is Cc1nc(C)c(CN(C)[C@H](C)CC#N)s1. The predicted octanol–water partition coefficient (Wildman–Crippen LogP) is 2.49. The van der Waals surface area contributed by atoms with E-state index in [2.05, 4.69) is 29.9 Å². The third-order valence-electron chi connectivity index (χ3n) is 2.53. The molecular formula is C11H17N3S. The monoisotopic (exact) mass is 223 g/mol. The van der Waals surface area contributed by atoms with Crippen LogP contribution in [0.1, 0.15) is 28.9 Å². The van der Waals surface area contributed by atoms with E-state index in [1.807, 2.05) is 13.8 Å². The van der Waals surface area contributed by atoms with Crippen molar-refractivity contribution in [2.24, 2.45) is 0 Å². The summed E-state index contributed by atoms with van der Waals surface area (Å²) >= 11 is 1.74. The molecule has 0 aliphatic rings. The summed E-state index contributed by atoms with van der Waals surface area (Å²) in [6.07, 6.45) is 0.577. The number of hydrogen-bond acceptors (Lipinski definition) is 4. The van der Waals surface area contributed by atoms with Crippen molar-refractivity contribution in [2.45, 2.75) is 39.8 Å². The van der Waals surface area contributed by atoms with E-state index < -0.39 is 0 Å². The summed E-state index contributed by atoms with van der Waals surface area (Å²) in [5.74, 6) is 0. The van der Waals surface area contributed by atoms with Crippen LogP contribution in [0, 0.1) is 25.2 Å². The van der Waals surface area contributed by atoms with Gasteiger partial charge in [0.05, 0.1) is 23.2 Å². The van der Waals surface area contributed by atoms with Crippen LogP contribution in [-0.2, 0) is 6.54 Å². The molecule has 0 saturated carbocycles. The molecule has 1 aromatic heterocycles. The van der Waals surface area contributed by atoms with Crippen molar-refractivity contribution < 1.29 is 0 Å². The van der Waals surface area contributed by atoms with Gasteiger partial charge in [0.1, 0.15) is 0 Å². The van der Waals surface area contributed by atoms with Crippen molar-refractivity contribution in [1.29, 1.82) is 5.26 Å². The van der Waals surface area contributed by atoms with Crippen LogP contribution in [0.25, 0.3) is 0 Å². The Morgan fingerprint density at radius 1 is 1.53 bits per heavy atom. The van der Waals surface area contributed by atoms with E-state index in [0.717, 1.165) is 17.2 Å². The zero-order valence-corrected chi connectivity index (χ0v) is 10.6. The van der Waals surface area contributed by atoms with E-state index in [4.69, 9.17) is 5.26 Å². The lowest BCUT2D eigenvalue weighted by Crippen LogP contribution is -2.28. The van der Waals surface area contributed by atoms with E-state index in [9.17, 15) is 0 Å². The molecule has 1 rings (SSSR count). The van der Waals surface area contributed by atoms with E-state index in [-0.39, 0.29) is 0 Å². The van der Waals surface area contributed by atoms with Gasteiger partial charge in [0.15, 0.2) is 0 Å². The molecule has 0 saturated heterocycles. The number of nitriles is 1.